The van der Waals surface area contributed by atoms with E-state index in [9.17, 15) is 0 Å². The van der Waals surface area contributed by atoms with Crippen LogP contribution in [0.5, 0.6) is 0 Å². The first-order valence-electron chi connectivity index (χ1n) is 8.34. The maximum Gasteiger partial charge on any atom is 0.191 e. The van der Waals surface area contributed by atoms with E-state index in [2.05, 4.69) is 58.8 Å². The monoisotopic (exact) mass is 349 g/mol. The van der Waals surface area contributed by atoms with E-state index in [4.69, 9.17) is 4.52 Å². The lowest BCUT2D eigenvalue weighted by Crippen LogP contribution is -2.37. The van der Waals surface area contributed by atoms with E-state index in [0.29, 0.717) is 18.4 Å². The fraction of sp³-hybridized carbons (Fsp3) is 0.588. The van der Waals surface area contributed by atoms with Crippen LogP contribution in [0.15, 0.2) is 21.0 Å². The quantitative estimate of drug-likeness (QED) is 0.593. The topological polar surface area (TPSA) is 75.3 Å². The minimum atomic E-state index is 0.369. The Morgan fingerprint density at radius 1 is 1.25 bits per heavy atom. The number of thiazole rings is 1. The Labute approximate surface area is 147 Å². The summed E-state index contributed by atoms with van der Waals surface area (Å²) >= 11 is 1.73. The van der Waals surface area contributed by atoms with Crippen LogP contribution < -0.4 is 10.6 Å². The molecule has 0 amide bonds. The molecule has 7 heteroatoms. The van der Waals surface area contributed by atoms with Crippen molar-refractivity contribution >= 4 is 17.3 Å². The number of nitrogens with zero attached hydrogens (tertiary/aromatic N) is 3. The minimum absolute atomic E-state index is 0.369. The summed E-state index contributed by atoms with van der Waals surface area (Å²) in [5.74, 6) is 2.41. The Bertz CT molecular complexity index is 659. The molecule has 132 valence electrons. The van der Waals surface area contributed by atoms with Crippen LogP contribution in [-0.2, 0) is 13.0 Å². The zero-order valence-corrected chi connectivity index (χ0v) is 15.9. The van der Waals surface area contributed by atoms with Crippen LogP contribution >= 0.6 is 11.3 Å². The van der Waals surface area contributed by atoms with Gasteiger partial charge in [0.1, 0.15) is 0 Å². The molecule has 0 bridgehead atoms. The maximum atomic E-state index is 5.32. The molecule has 0 aromatic carbocycles. The third-order valence-electron chi connectivity index (χ3n) is 3.56. The molecular formula is C17H27N5OS. The SMILES string of the molecule is CN=C(NCCc1csc(C(C)C)n1)NCc1cc(C(C)C)no1. The van der Waals surface area contributed by atoms with E-state index in [-0.39, 0.29) is 0 Å². The molecule has 6 nitrogen and oxygen atoms in total. The molecule has 2 heterocycles. The first-order valence-corrected chi connectivity index (χ1v) is 9.21. The summed E-state index contributed by atoms with van der Waals surface area (Å²) in [7, 11) is 1.76. The van der Waals surface area contributed by atoms with Gasteiger partial charge >= 0.3 is 0 Å². The van der Waals surface area contributed by atoms with Crippen LogP contribution in [0.2, 0.25) is 0 Å². The van der Waals surface area contributed by atoms with E-state index in [1.807, 2.05) is 6.07 Å². The smallest absolute Gasteiger partial charge is 0.191 e. The van der Waals surface area contributed by atoms with Crippen LogP contribution in [0.3, 0.4) is 0 Å². The van der Waals surface area contributed by atoms with Gasteiger partial charge in [0.2, 0.25) is 0 Å². The molecule has 0 spiro atoms. The molecule has 0 aliphatic carbocycles. The van der Waals surface area contributed by atoms with Gasteiger partial charge < -0.3 is 15.2 Å². The van der Waals surface area contributed by atoms with E-state index >= 15 is 0 Å². The molecule has 2 rings (SSSR count). The van der Waals surface area contributed by atoms with Gasteiger partial charge in [0, 0.05) is 37.4 Å². The Kier molecular flexibility index (Phi) is 6.78. The predicted octanol–water partition coefficient (Wildman–Crippen LogP) is 3.29. The van der Waals surface area contributed by atoms with Crippen molar-refractivity contribution in [3.8, 4) is 0 Å². The highest BCUT2D eigenvalue weighted by Gasteiger charge is 2.09. The van der Waals surface area contributed by atoms with Crippen molar-refractivity contribution in [1.29, 1.82) is 0 Å². The van der Waals surface area contributed by atoms with E-state index < -0.39 is 0 Å². The highest BCUT2D eigenvalue weighted by molar-refractivity contribution is 7.09. The number of aromatic nitrogens is 2. The average Bonchev–Trinajstić information content (AvgIpc) is 3.20. The number of aliphatic imine (C=N–C) groups is 1. The summed E-state index contributed by atoms with van der Waals surface area (Å²) in [6.45, 7) is 9.88. The van der Waals surface area contributed by atoms with Crippen molar-refractivity contribution in [3.05, 3.63) is 33.6 Å². The van der Waals surface area contributed by atoms with Crippen molar-refractivity contribution in [2.75, 3.05) is 13.6 Å². The van der Waals surface area contributed by atoms with E-state index in [1.54, 1.807) is 18.4 Å². The van der Waals surface area contributed by atoms with Crippen LogP contribution in [0.1, 0.15) is 61.7 Å². The molecule has 2 aromatic rings. The fourth-order valence-electron chi connectivity index (χ4n) is 2.09. The first kappa shape index (κ1) is 18.4. The fourth-order valence-corrected chi connectivity index (χ4v) is 2.96. The van der Waals surface area contributed by atoms with Gasteiger partial charge in [0.05, 0.1) is 22.9 Å². The van der Waals surface area contributed by atoms with Crippen molar-refractivity contribution < 1.29 is 4.52 Å². The lowest BCUT2D eigenvalue weighted by Gasteiger charge is -2.09. The Morgan fingerprint density at radius 2 is 2.04 bits per heavy atom. The second-order valence-corrected chi connectivity index (χ2v) is 7.20. The molecule has 0 fully saturated rings. The number of hydrogen-bond donors (Lipinski definition) is 2. The molecule has 0 saturated carbocycles. The molecule has 0 radical (unpaired) electrons. The summed E-state index contributed by atoms with van der Waals surface area (Å²) in [6.07, 6.45) is 0.879. The Hall–Kier alpha value is -1.89. The summed E-state index contributed by atoms with van der Waals surface area (Å²) in [4.78, 5) is 8.86. The third-order valence-corrected chi connectivity index (χ3v) is 4.75. The van der Waals surface area contributed by atoms with Gasteiger partial charge in [-0.1, -0.05) is 32.9 Å². The Balaban J connectivity index is 1.75. The van der Waals surface area contributed by atoms with Crippen molar-refractivity contribution in [2.45, 2.75) is 52.5 Å². The number of rotatable bonds is 7. The van der Waals surface area contributed by atoms with Gasteiger partial charge in [-0.25, -0.2) is 4.98 Å². The zero-order valence-electron chi connectivity index (χ0n) is 15.1. The zero-order chi connectivity index (χ0) is 17.5. The largest absolute Gasteiger partial charge is 0.359 e. The van der Waals surface area contributed by atoms with Crippen LogP contribution in [0, 0.1) is 0 Å². The van der Waals surface area contributed by atoms with E-state index in [0.717, 1.165) is 36.1 Å². The molecule has 0 atom stereocenters. The number of hydrogen-bond acceptors (Lipinski definition) is 5. The van der Waals surface area contributed by atoms with E-state index in [1.165, 1.54) is 5.01 Å². The van der Waals surface area contributed by atoms with Crippen molar-refractivity contribution in [3.63, 3.8) is 0 Å². The molecule has 24 heavy (non-hydrogen) atoms. The summed E-state index contributed by atoms with van der Waals surface area (Å²) in [6, 6.07) is 1.98. The highest BCUT2D eigenvalue weighted by atomic mass is 32.1. The summed E-state index contributed by atoms with van der Waals surface area (Å²) in [5, 5.41) is 13.9. The lowest BCUT2D eigenvalue weighted by atomic mass is 10.1. The predicted molar refractivity (Wildman–Crippen MR) is 98.7 cm³/mol. The minimum Gasteiger partial charge on any atom is -0.359 e. The molecule has 0 saturated heterocycles. The summed E-state index contributed by atoms with van der Waals surface area (Å²) < 4.78 is 5.32. The number of guanidine groups is 1. The van der Waals surface area contributed by atoms with Crippen LogP contribution in [-0.4, -0.2) is 29.7 Å². The van der Waals surface area contributed by atoms with Crippen molar-refractivity contribution in [2.24, 2.45) is 4.99 Å². The first-order chi connectivity index (χ1) is 11.5. The maximum absolute atomic E-state index is 5.32. The molecule has 0 aliphatic heterocycles. The van der Waals surface area contributed by atoms with Crippen LogP contribution in [0.25, 0.3) is 0 Å². The van der Waals surface area contributed by atoms with Gasteiger partial charge in [-0.2, -0.15) is 0 Å². The van der Waals surface area contributed by atoms with Gasteiger partial charge in [0.15, 0.2) is 11.7 Å². The van der Waals surface area contributed by atoms with Crippen molar-refractivity contribution in [1.82, 2.24) is 20.8 Å². The van der Waals surface area contributed by atoms with Gasteiger partial charge in [-0.05, 0) is 5.92 Å². The lowest BCUT2D eigenvalue weighted by molar-refractivity contribution is 0.372. The second kappa shape index (κ2) is 8.82. The molecule has 2 aromatic heterocycles. The van der Waals surface area contributed by atoms with Gasteiger partial charge in [-0.15, -0.1) is 11.3 Å². The van der Waals surface area contributed by atoms with Gasteiger partial charge in [0.25, 0.3) is 0 Å². The molecular weight excluding hydrogens is 322 g/mol. The normalized spacial score (nSPS) is 12.2. The average molecular weight is 350 g/mol. The second-order valence-electron chi connectivity index (χ2n) is 6.31. The van der Waals surface area contributed by atoms with Gasteiger partial charge in [-0.3, -0.25) is 4.99 Å². The highest BCUT2D eigenvalue weighted by Crippen LogP contribution is 2.19. The molecule has 2 N–H and O–H groups in total. The Morgan fingerprint density at radius 3 is 2.62 bits per heavy atom. The van der Waals surface area contributed by atoms with Crippen LogP contribution in [0.4, 0.5) is 0 Å². The standard InChI is InChI=1S/C17H27N5OS/c1-11(2)15-8-14(23-22-15)9-20-17(18-5)19-7-6-13-10-24-16(21-13)12(3)4/h8,10-12H,6-7,9H2,1-5H3,(H2,18,19,20). The third kappa shape index (κ3) is 5.33. The molecule has 0 aliphatic rings. The summed E-state index contributed by atoms with van der Waals surface area (Å²) in [5.41, 5.74) is 2.10. The molecule has 0 unspecified atom stereocenters. The number of nitrogens with one attached hydrogen (secondary N) is 2.